The largest absolute Gasteiger partial charge is 0.369 e. The Kier molecular flexibility index (Phi) is 4.44. The lowest BCUT2D eigenvalue weighted by molar-refractivity contribution is 1.10. The first-order chi connectivity index (χ1) is 8.35. The molecule has 4 nitrogen and oxygen atoms in total. The highest BCUT2D eigenvalue weighted by Gasteiger charge is 2.07. The summed E-state index contributed by atoms with van der Waals surface area (Å²) in [4.78, 5) is 9.99. The zero-order valence-electron chi connectivity index (χ0n) is 9.99. The Labute approximate surface area is 109 Å². The summed E-state index contributed by atoms with van der Waals surface area (Å²) < 4.78 is 0. The van der Waals surface area contributed by atoms with Gasteiger partial charge in [-0.25, -0.2) is 4.98 Å². The van der Waals surface area contributed by atoms with E-state index in [1.165, 1.54) is 0 Å². The SMILES string of the molecule is CCNc1nc(NCCSC)c2ccsc2n1. The molecule has 92 valence electrons. The van der Waals surface area contributed by atoms with E-state index in [1.807, 2.05) is 18.7 Å². The molecule has 6 heteroatoms. The normalized spacial score (nSPS) is 10.7. The van der Waals surface area contributed by atoms with E-state index >= 15 is 0 Å². The van der Waals surface area contributed by atoms with Crippen LogP contribution in [0.4, 0.5) is 11.8 Å². The number of rotatable bonds is 6. The van der Waals surface area contributed by atoms with Gasteiger partial charge in [0.2, 0.25) is 5.95 Å². The second-order valence-electron chi connectivity index (χ2n) is 3.49. The van der Waals surface area contributed by atoms with Gasteiger partial charge in [-0.15, -0.1) is 11.3 Å². The van der Waals surface area contributed by atoms with Crippen LogP contribution in [-0.2, 0) is 0 Å². The van der Waals surface area contributed by atoms with Gasteiger partial charge in [0.1, 0.15) is 10.6 Å². The minimum absolute atomic E-state index is 0.703. The number of anilines is 2. The van der Waals surface area contributed by atoms with E-state index in [0.29, 0.717) is 5.95 Å². The quantitative estimate of drug-likeness (QED) is 0.789. The lowest BCUT2D eigenvalue weighted by Gasteiger charge is -2.08. The molecule has 0 aliphatic heterocycles. The minimum atomic E-state index is 0.703. The second-order valence-corrected chi connectivity index (χ2v) is 5.37. The molecule has 0 aliphatic rings. The number of hydrogen-bond donors (Lipinski definition) is 2. The molecule has 2 heterocycles. The van der Waals surface area contributed by atoms with Crippen LogP contribution in [0.3, 0.4) is 0 Å². The van der Waals surface area contributed by atoms with Crippen molar-refractivity contribution in [3.63, 3.8) is 0 Å². The predicted molar refractivity (Wildman–Crippen MR) is 78.5 cm³/mol. The summed E-state index contributed by atoms with van der Waals surface area (Å²) in [5, 5.41) is 9.69. The van der Waals surface area contributed by atoms with Gasteiger partial charge in [-0.2, -0.15) is 16.7 Å². The number of fused-ring (bicyclic) bond motifs is 1. The molecule has 0 saturated heterocycles. The maximum atomic E-state index is 4.50. The van der Waals surface area contributed by atoms with Crippen LogP contribution < -0.4 is 10.6 Å². The first-order valence-electron chi connectivity index (χ1n) is 5.57. The summed E-state index contributed by atoms with van der Waals surface area (Å²) in [5.41, 5.74) is 0. The van der Waals surface area contributed by atoms with Gasteiger partial charge in [-0.3, -0.25) is 0 Å². The van der Waals surface area contributed by atoms with Crippen LogP contribution in [0.15, 0.2) is 11.4 Å². The van der Waals surface area contributed by atoms with Crippen molar-refractivity contribution in [2.75, 3.05) is 35.7 Å². The van der Waals surface area contributed by atoms with Gasteiger partial charge in [0.25, 0.3) is 0 Å². The molecular formula is C11H16N4S2. The molecule has 0 bridgehead atoms. The molecule has 2 N–H and O–H groups in total. The maximum Gasteiger partial charge on any atom is 0.226 e. The van der Waals surface area contributed by atoms with E-state index in [0.717, 1.165) is 34.9 Å². The smallest absolute Gasteiger partial charge is 0.226 e. The van der Waals surface area contributed by atoms with Crippen molar-refractivity contribution >= 4 is 45.1 Å². The Morgan fingerprint density at radius 1 is 1.35 bits per heavy atom. The fraction of sp³-hybridized carbons (Fsp3) is 0.455. The van der Waals surface area contributed by atoms with Crippen LogP contribution in [0, 0.1) is 0 Å². The third-order valence-corrected chi connectivity index (χ3v) is 3.68. The molecular weight excluding hydrogens is 252 g/mol. The van der Waals surface area contributed by atoms with Gasteiger partial charge in [-0.05, 0) is 24.6 Å². The second kappa shape index (κ2) is 6.07. The van der Waals surface area contributed by atoms with Crippen molar-refractivity contribution in [1.82, 2.24) is 9.97 Å². The van der Waals surface area contributed by atoms with E-state index in [2.05, 4.69) is 38.3 Å². The molecule has 2 rings (SSSR count). The number of nitrogens with zero attached hydrogens (tertiary/aromatic N) is 2. The molecule has 0 unspecified atom stereocenters. The molecule has 0 aliphatic carbocycles. The van der Waals surface area contributed by atoms with Crippen molar-refractivity contribution < 1.29 is 0 Å². The Morgan fingerprint density at radius 2 is 2.24 bits per heavy atom. The lowest BCUT2D eigenvalue weighted by Crippen LogP contribution is -2.09. The Balaban J connectivity index is 2.26. The predicted octanol–water partition coefficient (Wildman–Crippen LogP) is 2.90. The number of thiophene rings is 1. The summed E-state index contributed by atoms with van der Waals surface area (Å²) in [6.07, 6.45) is 2.10. The van der Waals surface area contributed by atoms with Crippen LogP contribution in [-0.4, -0.2) is 35.1 Å². The summed E-state index contributed by atoms with van der Waals surface area (Å²) in [6, 6.07) is 2.07. The van der Waals surface area contributed by atoms with E-state index in [1.54, 1.807) is 11.3 Å². The average molecular weight is 268 g/mol. The summed E-state index contributed by atoms with van der Waals surface area (Å²) in [5.74, 6) is 2.71. The number of hydrogen-bond acceptors (Lipinski definition) is 6. The van der Waals surface area contributed by atoms with E-state index in [9.17, 15) is 0 Å². The third kappa shape index (κ3) is 3.01. The highest BCUT2D eigenvalue weighted by atomic mass is 32.2. The molecule has 2 aromatic rings. The summed E-state index contributed by atoms with van der Waals surface area (Å²) in [7, 11) is 0. The fourth-order valence-electron chi connectivity index (χ4n) is 1.50. The first-order valence-corrected chi connectivity index (χ1v) is 7.84. The molecule has 2 aromatic heterocycles. The molecule has 0 atom stereocenters. The van der Waals surface area contributed by atoms with Gasteiger partial charge in [0, 0.05) is 18.8 Å². The van der Waals surface area contributed by atoms with Crippen molar-refractivity contribution in [3.8, 4) is 0 Å². The zero-order chi connectivity index (χ0) is 12.1. The van der Waals surface area contributed by atoms with Crippen LogP contribution in [0.25, 0.3) is 10.2 Å². The van der Waals surface area contributed by atoms with Crippen LogP contribution in [0.5, 0.6) is 0 Å². The summed E-state index contributed by atoms with van der Waals surface area (Å²) in [6.45, 7) is 3.80. The van der Waals surface area contributed by atoms with E-state index in [-0.39, 0.29) is 0 Å². The van der Waals surface area contributed by atoms with Gasteiger partial charge in [-0.1, -0.05) is 0 Å². The molecule has 0 saturated carbocycles. The van der Waals surface area contributed by atoms with Crippen molar-refractivity contribution in [1.29, 1.82) is 0 Å². The van der Waals surface area contributed by atoms with E-state index in [4.69, 9.17) is 0 Å². The highest BCUT2D eigenvalue weighted by Crippen LogP contribution is 2.26. The standard InChI is InChI=1S/C11H16N4S2/c1-3-12-11-14-9(13-5-7-16-2)8-4-6-17-10(8)15-11/h4,6H,3,5,7H2,1-2H3,(H2,12,13,14,15). The molecule has 0 spiro atoms. The zero-order valence-corrected chi connectivity index (χ0v) is 11.6. The average Bonchev–Trinajstić information content (AvgIpc) is 2.78. The molecule has 17 heavy (non-hydrogen) atoms. The topological polar surface area (TPSA) is 49.8 Å². The van der Waals surface area contributed by atoms with Crippen LogP contribution >= 0.6 is 23.1 Å². The Hall–Kier alpha value is -1.01. The molecule has 0 aromatic carbocycles. The van der Waals surface area contributed by atoms with Gasteiger partial charge < -0.3 is 10.6 Å². The number of nitrogens with one attached hydrogen (secondary N) is 2. The monoisotopic (exact) mass is 268 g/mol. The molecule has 0 radical (unpaired) electrons. The number of thioether (sulfide) groups is 1. The maximum absolute atomic E-state index is 4.50. The number of aromatic nitrogens is 2. The molecule has 0 amide bonds. The van der Waals surface area contributed by atoms with Gasteiger partial charge in [0.05, 0.1) is 5.39 Å². The third-order valence-electron chi connectivity index (χ3n) is 2.26. The van der Waals surface area contributed by atoms with Crippen LogP contribution in [0.1, 0.15) is 6.92 Å². The lowest BCUT2D eigenvalue weighted by atomic mass is 10.4. The van der Waals surface area contributed by atoms with Crippen molar-refractivity contribution in [2.45, 2.75) is 6.92 Å². The highest BCUT2D eigenvalue weighted by molar-refractivity contribution is 7.98. The molecule has 0 fully saturated rings. The Bertz CT molecular complexity index is 483. The van der Waals surface area contributed by atoms with Crippen molar-refractivity contribution in [2.24, 2.45) is 0 Å². The van der Waals surface area contributed by atoms with Crippen LogP contribution in [0.2, 0.25) is 0 Å². The summed E-state index contributed by atoms with van der Waals surface area (Å²) >= 11 is 3.47. The first kappa shape index (κ1) is 12.4. The van der Waals surface area contributed by atoms with Gasteiger partial charge >= 0.3 is 0 Å². The van der Waals surface area contributed by atoms with Crippen molar-refractivity contribution in [3.05, 3.63) is 11.4 Å². The van der Waals surface area contributed by atoms with Gasteiger partial charge in [0.15, 0.2) is 0 Å². The fourth-order valence-corrected chi connectivity index (χ4v) is 2.57. The van der Waals surface area contributed by atoms with E-state index < -0.39 is 0 Å². The minimum Gasteiger partial charge on any atom is -0.369 e. The Morgan fingerprint density at radius 3 is 3.00 bits per heavy atom.